The third kappa shape index (κ3) is 4.91. The van der Waals surface area contributed by atoms with Crippen LogP contribution in [-0.4, -0.2) is 48.1 Å². The van der Waals surface area contributed by atoms with Crippen LogP contribution >= 0.6 is 0 Å². The van der Waals surface area contributed by atoms with Crippen LogP contribution in [0.25, 0.3) is 0 Å². The zero-order valence-corrected chi connectivity index (χ0v) is 16.3. The molecule has 0 spiro atoms. The fraction of sp³-hybridized carbons (Fsp3) is 0.286. The molecule has 150 valence electrons. The minimum atomic E-state index is 0.432. The number of benzene rings is 2. The third-order valence-corrected chi connectivity index (χ3v) is 4.50. The lowest BCUT2D eigenvalue weighted by Gasteiger charge is -2.30. The summed E-state index contributed by atoms with van der Waals surface area (Å²) in [6, 6.07) is 15.8. The second-order valence-electron chi connectivity index (χ2n) is 6.49. The maximum atomic E-state index is 5.47. The van der Waals surface area contributed by atoms with Crippen molar-refractivity contribution < 1.29 is 9.47 Å². The highest BCUT2D eigenvalue weighted by molar-refractivity contribution is 5.73. The van der Waals surface area contributed by atoms with Gasteiger partial charge in [-0.1, -0.05) is 12.1 Å². The second-order valence-corrected chi connectivity index (χ2v) is 6.49. The number of hydrogen-bond donors (Lipinski definition) is 2. The molecule has 2 heterocycles. The lowest BCUT2D eigenvalue weighted by atomic mass is 10.2. The Morgan fingerprint density at radius 3 is 2.62 bits per heavy atom. The molecule has 4 rings (SSSR count). The molecule has 3 aromatic rings. The van der Waals surface area contributed by atoms with Crippen molar-refractivity contribution in [2.24, 2.45) is 0 Å². The fourth-order valence-corrected chi connectivity index (χ4v) is 3.15. The van der Waals surface area contributed by atoms with Crippen LogP contribution in [-0.2, 0) is 4.74 Å². The van der Waals surface area contributed by atoms with Crippen molar-refractivity contribution in [3.05, 3.63) is 54.7 Å². The number of anilines is 5. The Labute approximate surface area is 169 Å². The van der Waals surface area contributed by atoms with Crippen LogP contribution in [0, 0.1) is 0 Å². The van der Waals surface area contributed by atoms with Crippen molar-refractivity contribution in [2.45, 2.75) is 6.92 Å². The molecule has 1 aromatic heterocycles. The summed E-state index contributed by atoms with van der Waals surface area (Å²) in [5.41, 5.74) is 2.94. The minimum Gasteiger partial charge on any atom is -0.494 e. The van der Waals surface area contributed by atoms with E-state index in [1.807, 2.05) is 49.4 Å². The van der Waals surface area contributed by atoms with Crippen LogP contribution in [0.15, 0.2) is 54.7 Å². The molecule has 0 atom stereocenters. The molecule has 2 aromatic carbocycles. The first-order chi connectivity index (χ1) is 14.3. The van der Waals surface area contributed by atoms with Crippen molar-refractivity contribution in [1.82, 2.24) is 15.2 Å². The van der Waals surface area contributed by atoms with Crippen molar-refractivity contribution in [2.75, 3.05) is 48.4 Å². The Morgan fingerprint density at radius 1 is 1.03 bits per heavy atom. The van der Waals surface area contributed by atoms with E-state index in [-0.39, 0.29) is 0 Å². The average Bonchev–Trinajstić information content (AvgIpc) is 2.77. The van der Waals surface area contributed by atoms with Gasteiger partial charge in [0.15, 0.2) is 5.82 Å². The predicted octanol–water partition coefficient (Wildman–Crippen LogP) is 3.59. The maximum absolute atomic E-state index is 5.47. The van der Waals surface area contributed by atoms with Gasteiger partial charge in [-0.3, -0.25) is 0 Å². The highest BCUT2D eigenvalue weighted by Gasteiger charge is 2.15. The number of nitrogens with zero attached hydrogens (tertiary/aromatic N) is 4. The molecular formula is C21H24N6O2. The van der Waals surface area contributed by atoms with E-state index >= 15 is 0 Å². The molecular weight excluding hydrogens is 368 g/mol. The van der Waals surface area contributed by atoms with Gasteiger partial charge in [-0.05, 0) is 43.3 Å². The first-order valence-corrected chi connectivity index (χ1v) is 9.70. The highest BCUT2D eigenvalue weighted by Crippen LogP contribution is 2.28. The monoisotopic (exact) mass is 392 g/mol. The molecule has 1 aliphatic heterocycles. The smallest absolute Gasteiger partial charge is 0.249 e. The van der Waals surface area contributed by atoms with Crippen molar-refractivity contribution in [3.63, 3.8) is 0 Å². The summed E-state index contributed by atoms with van der Waals surface area (Å²) in [5.74, 6) is 1.87. The number of morpholine rings is 1. The normalized spacial score (nSPS) is 13.8. The van der Waals surface area contributed by atoms with Crippen molar-refractivity contribution in [3.8, 4) is 5.75 Å². The van der Waals surface area contributed by atoms with Gasteiger partial charge in [-0.15, -0.1) is 5.10 Å². The van der Waals surface area contributed by atoms with Gasteiger partial charge in [0.1, 0.15) is 5.75 Å². The summed E-state index contributed by atoms with van der Waals surface area (Å²) in [4.78, 5) is 6.83. The topological polar surface area (TPSA) is 84.4 Å². The molecule has 1 saturated heterocycles. The summed E-state index contributed by atoms with van der Waals surface area (Å²) < 4.78 is 10.9. The SMILES string of the molecule is CCOc1ccc(Nc2cnnc(Nc3ccccc3N3CCOCC3)n2)cc1. The summed E-state index contributed by atoms with van der Waals surface area (Å²) >= 11 is 0. The first-order valence-electron chi connectivity index (χ1n) is 9.70. The number of hydrogen-bond acceptors (Lipinski definition) is 8. The first kappa shape index (κ1) is 18.9. The molecule has 0 bridgehead atoms. The molecule has 1 aliphatic rings. The highest BCUT2D eigenvalue weighted by atomic mass is 16.5. The van der Waals surface area contributed by atoms with Crippen LogP contribution in [0.5, 0.6) is 5.75 Å². The van der Waals surface area contributed by atoms with Crippen LogP contribution in [0.3, 0.4) is 0 Å². The minimum absolute atomic E-state index is 0.432. The van der Waals surface area contributed by atoms with Gasteiger partial charge >= 0.3 is 0 Å². The molecule has 1 fully saturated rings. The Bertz CT molecular complexity index is 928. The quantitative estimate of drug-likeness (QED) is 0.631. The Kier molecular flexibility index (Phi) is 6.01. The van der Waals surface area contributed by atoms with Crippen LogP contribution < -0.4 is 20.3 Å². The van der Waals surface area contributed by atoms with E-state index in [9.17, 15) is 0 Å². The molecule has 8 heteroatoms. The van der Waals surface area contributed by atoms with E-state index in [2.05, 4.69) is 36.8 Å². The molecule has 29 heavy (non-hydrogen) atoms. The fourth-order valence-electron chi connectivity index (χ4n) is 3.15. The van der Waals surface area contributed by atoms with Gasteiger partial charge in [-0.25, -0.2) is 0 Å². The summed E-state index contributed by atoms with van der Waals surface area (Å²) in [6.07, 6.45) is 1.59. The van der Waals surface area contributed by atoms with Gasteiger partial charge in [0.05, 0.1) is 37.4 Å². The Balaban J connectivity index is 1.48. The van der Waals surface area contributed by atoms with E-state index in [0.29, 0.717) is 18.4 Å². The molecule has 8 nitrogen and oxygen atoms in total. The van der Waals surface area contributed by atoms with Gasteiger partial charge < -0.3 is 25.0 Å². The number of nitrogens with one attached hydrogen (secondary N) is 2. The lowest BCUT2D eigenvalue weighted by Crippen LogP contribution is -2.36. The molecule has 0 radical (unpaired) electrons. The van der Waals surface area contributed by atoms with E-state index in [4.69, 9.17) is 9.47 Å². The van der Waals surface area contributed by atoms with E-state index in [0.717, 1.165) is 49.1 Å². The molecule has 0 saturated carbocycles. The Hall–Kier alpha value is -3.39. The van der Waals surface area contributed by atoms with Gasteiger partial charge in [0, 0.05) is 18.8 Å². The van der Waals surface area contributed by atoms with Crippen molar-refractivity contribution >= 4 is 28.8 Å². The largest absolute Gasteiger partial charge is 0.494 e. The molecule has 0 unspecified atom stereocenters. The van der Waals surface area contributed by atoms with E-state index < -0.39 is 0 Å². The third-order valence-electron chi connectivity index (χ3n) is 4.50. The van der Waals surface area contributed by atoms with E-state index in [1.54, 1.807) is 6.20 Å². The number of para-hydroxylation sites is 2. The maximum Gasteiger partial charge on any atom is 0.249 e. The molecule has 0 amide bonds. The average molecular weight is 392 g/mol. The zero-order valence-electron chi connectivity index (χ0n) is 16.3. The van der Waals surface area contributed by atoms with Crippen molar-refractivity contribution in [1.29, 1.82) is 0 Å². The van der Waals surface area contributed by atoms with E-state index in [1.165, 1.54) is 0 Å². The zero-order chi connectivity index (χ0) is 19.9. The second kappa shape index (κ2) is 9.20. The summed E-state index contributed by atoms with van der Waals surface area (Å²) in [6.45, 7) is 5.78. The predicted molar refractivity (Wildman–Crippen MR) is 113 cm³/mol. The van der Waals surface area contributed by atoms with Gasteiger partial charge in [0.25, 0.3) is 0 Å². The summed E-state index contributed by atoms with van der Waals surface area (Å²) in [7, 11) is 0. The van der Waals surface area contributed by atoms with Crippen LogP contribution in [0.4, 0.5) is 28.8 Å². The lowest BCUT2D eigenvalue weighted by molar-refractivity contribution is 0.123. The number of rotatable bonds is 7. The molecule has 2 N–H and O–H groups in total. The summed E-state index contributed by atoms with van der Waals surface area (Å²) in [5, 5.41) is 14.7. The van der Waals surface area contributed by atoms with Crippen LogP contribution in [0.1, 0.15) is 6.92 Å². The standard InChI is InChI=1S/C21H24N6O2/c1-2-29-17-9-7-16(8-10-17)23-20-15-22-26-21(25-20)24-18-5-3-4-6-19(18)27-11-13-28-14-12-27/h3-10,15H,2,11-14H2,1H3,(H2,23,24,25,26). The number of aromatic nitrogens is 3. The molecule has 0 aliphatic carbocycles. The Morgan fingerprint density at radius 2 is 1.83 bits per heavy atom. The van der Waals surface area contributed by atoms with Gasteiger partial charge in [0.2, 0.25) is 5.95 Å². The number of ether oxygens (including phenoxy) is 2. The van der Waals surface area contributed by atoms with Crippen LogP contribution in [0.2, 0.25) is 0 Å². The van der Waals surface area contributed by atoms with Gasteiger partial charge in [-0.2, -0.15) is 10.1 Å².